The number of aromatic nitrogens is 2. The minimum absolute atomic E-state index is 0.0151. The van der Waals surface area contributed by atoms with Gasteiger partial charge in [0.05, 0.1) is 5.39 Å². The molecule has 0 radical (unpaired) electrons. The number of piperidine rings is 1. The number of carbonyl (C=O) groups excluding carboxylic acids is 1. The van der Waals surface area contributed by atoms with Crippen molar-refractivity contribution >= 4 is 28.5 Å². The van der Waals surface area contributed by atoms with E-state index >= 15 is 0 Å². The quantitative estimate of drug-likeness (QED) is 0.708. The lowest BCUT2D eigenvalue weighted by Gasteiger charge is -2.32. The number of anilines is 2. The monoisotopic (exact) mass is 396 g/mol. The van der Waals surface area contributed by atoms with Crippen LogP contribution in [0.1, 0.15) is 35.6 Å². The summed E-state index contributed by atoms with van der Waals surface area (Å²) in [7, 11) is 0. The lowest BCUT2D eigenvalue weighted by Crippen LogP contribution is -2.38. The second-order valence-corrected chi connectivity index (χ2v) is 7.77. The normalized spacial score (nSPS) is 15.1. The van der Waals surface area contributed by atoms with Crippen LogP contribution in [0, 0.1) is 39.4 Å². The zero-order valence-electron chi connectivity index (χ0n) is 17.2. The molecular weight excluding hydrogens is 371 g/mol. The Morgan fingerprint density at radius 2 is 1.90 bits per heavy atom. The van der Waals surface area contributed by atoms with Crippen LogP contribution in [0.5, 0.6) is 0 Å². The third-order valence-corrected chi connectivity index (χ3v) is 5.73. The maximum Gasteiger partial charge on any atom is 0.231 e. The maximum absolute atomic E-state index is 13.3. The van der Waals surface area contributed by atoms with E-state index < -0.39 is 0 Å². The topological polar surface area (TPSA) is 71.3 Å². The Balaban J connectivity index is 1.48. The third kappa shape index (κ3) is 3.69. The van der Waals surface area contributed by atoms with E-state index in [-0.39, 0.29) is 17.6 Å². The fourth-order valence-electron chi connectivity index (χ4n) is 3.92. The summed E-state index contributed by atoms with van der Waals surface area (Å²) < 4.78 is 19.1. The SMILES string of the molecule is Cc1nc(N2CCC(C(=O)Nc3ccc(F)cc3C)CC2)c2c(C)c(C)oc2n1. The van der Waals surface area contributed by atoms with Crippen LogP contribution in [0.2, 0.25) is 0 Å². The number of nitrogens with zero attached hydrogens (tertiary/aromatic N) is 3. The van der Waals surface area contributed by atoms with Gasteiger partial charge in [-0.2, -0.15) is 4.98 Å². The minimum Gasteiger partial charge on any atom is -0.443 e. The van der Waals surface area contributed by atoms with Gasteiger partial charge in [0.2, 0.25) is 11.6 Å². The van der Waals surface area contributed by atoms with E-state index in [4.69, 9.17) is 4.42 Å². The summed E-state index contributed by atoms with van der Waals surface area (Å²) in [5.41, 5.74) is 3.06. The first-order valence-electron chi connectivity index (χ1n) is 9.90. The molecule has 3 aromatic rings. The van der Waals surface area contributed by atoms with Gasteiger partial charge in [-0.25, -0.2) is 9.37 Å². The van der Waals surface area contributed by atoms with E-state index in [1.54, 1.807) is 13.0 Å². The minimum atomic E-state index is -0.301. The molecule has 0 atom stereocenters. The van der Waals surface area contributed by atoms with Crippen LogP contribution >= 0.6 is 0 Å². The summed E-state index contributed by atoms with van der Waals surface area (Å²) in [6, 6.07) is 4.40. The molecule has 0 aliphatic carbocycles. The first kappa shape index (κ1) is 19.4. The molecule has 0 unspecified atom stereocenters. The summed E-state index contributed by atoms with van der Waals surface area (Å²) in [5.74, 6) is 2.01. The van der Waals surface area contributed by atoms with Crippen LogP contribution in [-0.4, -0.2) is 29.0 Å². The van der Waals surface area contributed by atoms with Crippen LogP contribution in [0.4, 0.5) is 15.9 Å². The molecule has 29 heavy (non-hydrogen) atoms. The van der Waals surface area contributed by atoms with Crippen LogP contribution in [-0.2, 0) is 4.79 Å². The summed E-state index contributed by atoms with van der Waals surface area (Å²) in [5, 5.41) is 3.90. The Kier molecular flexibility index (Phi) is 4.98. The Morgan fingerprint density at radius 3 is 2.59 bits per heavy atom. The van der Waals surface area contributed by atoms with Gasteiger partial charge in [-0.05, 0) is 64.3 Å². The number of hydrogen-bond acceptors (Lipinski definition) is 5. The van der Waals surface area contributed by atoms with Crippen molar-refractivity contribution in [1.29, 1.82) is 0 Å². The molecule has 1 N–H and O–H groups in total. The largest absolute Gasteiger partial charge is 0.443 e. The number of nitrogens with one attached hydrogen (secondary N) is 1. The van der Waals surface area contributed by atoms with Crippen molar-refractivity contribution in [3.8, 4) is 0 Å². The fraction of sp³-hybridized carbons (Fsp3) is 0.409. The molecule has 1 amide bonds. The van der Waals surface area contributed by atoms with Gasteiger partial charge in [-0.15, -0.1) is 0 Å². The van der Waals surface area contributed by atoms with Crippen LogP contribution in [0.15, 0.2) is 22.6 Å². The van der Waals surface area contributed by atoms with Gasteiger partial charge < -0.3 is 14.6 Å². The number of benzene rings is 1. The summed E-state index contributed by atoms with van der Waals surface area (Å²) >= 11 is 0. The van der Waals surface area contributed by atoms with Crippen molar-refractivity contribution in [2.45, 2.75) is 40.5 Å². The zero-order valence-corrected chi connectivity index (χ0v) is 17.2. The first-order chi connectivity index (χ1) is 13.8. The molecule has 1 aliphatic heterocycles. The van der Waals surface area contributed by atoms with Gasteiger partial charge in [0, 0.05) is 30.3 Å². The summed E-state index contributed by atoms with van der Waals surface area (Å²) in [6.45, 7) is 9.07. The van der Waals surface area contributed by atoms with Gasteiger partial charge in [0.15, 0.2) is 0 Å². The number of fused-ring (bicyclic) bond motifs is 1. The zero-order chi connectivity index (χ0) is 20.7. The predicted molar refractivity (Wildman–Crippen MR) is 111 cm³/mol. The number of halogens is 1. The molecule has 1 fully saturated rings. The maximum atomic E-state index is 13.3. The molecule has 3 heterocycles. The molecule has 7 heteroatoms. The number of aryl methyl sites for hydroxylation is 4. The van der Waals surface area contributed by atoms with Gasteiger partial charge in [-0.1, -0.05) is 0 Å². The van der Waals surface area contributed by atoms with Gasteiger partial charge >= 0.3 is 0 Å². The van der Waals surface area contributed by atoms with Crippen LogP contribution < -0.4 is 10.2 Å². The van der Waals surface area contributed by atoms with E-state index in [0.29, 0.717) is 17.2 Å². The van der Waals surface area contributed by atoms with Crippen molar-refractivity contribution in [2.24, 2.45) is 5.92 Å². The van der Waals surface area contributed by atoms with E-state index in [2.05, 4.69) is 20.2 Å². The average Bonchev–Trinajstić information content (AvgIpc) is 2.97. The van der Waals surface area contributed by atoms with E-state index in [9.17, 15) is 9.18 Å². The summed E-state index contributed by atoms with van der Waals surface area (Å²) in [6.07, 6.45) is 1.46. The lowest BCUT2D eigenvalue weighted by molar-refractivity contribution is -0.120. The van der Waals surface area contributed by atoms with Crippen LogP contribution in [0.25, 0.3) is 11.1 Å². The number of carbonyl (C=O) groups is 1. The molecule has 0 bridgehead atoms. The molecule has 4 rings (SSSR count). The van der Waals surface area contributed by atoms with Crippen molar-refractivity contribution in [2.75, 3.05) is 23.3 Å². The molecule has 1 aromatic carbocycles. The second-order valence-electron chi connectivity index (χ2n) is 7.77. The molecule has 0 saturated carbocycles. The van der Waals surface area contributed by atoms with Crippen LogP contribution in [0.3, 0.4) is 0 Å². The molecule has 2 aromatic heterocycles. The smallest absolute Gasteiger partial charge is 0.231 e. The van der Waals surface area contributed by atoms with Crippen molar-refractivity contribution in [1.82, 2.24) is 9.97 Å². The Bertz CT molecular complexity index is 1080. The molecule has 0 spiro atoms. The Hall–Kier alpha value is -2.96. The standard InChI is InChI=1S/C22H25FN4O2/c1-12-11-17(23)5-6-18(12)26-21(28)16-7-9-27(10-8-16)20-19-13(2)14(3)29-22(19)25-15(4)24-20/h5-6,11,16H,7-10H2,1-4H3,(H,26,28). The van der Waals surface area contributed by atoms with E-state index in [1.165, 1.54) is 12.1 Å². The van der Waals surface area contributed by atoms with E-state index in [0.717, 1.165) is 54.0 Å². The molecule has 1 aliphatic rings. The number of amides is 1. The number of hydrogen-bond donors (Lipinski definition) is 1. The molecule has 6 nitrogen and oxygen atoms in total. The van der Waals surface area contributed by atoms with Gasteiger partial charge in [-0.3, -0.25) is 4.79 Å². The highest BCUT2D eigenvalue weighted by molar-refractivity contribution is 5.94. The fourth-order valence-corrected chi connectivity index (χ4v) is 3.92. The highest BCUT2D eigenvalue weighted by Crippen LogP contribution is 2.33. The number of furan rings is 1. The summed E-state index contributed by atoms with van der Waals surface area (Å²) in [4.78, 5) is 24.0. The highest BCUT2D eigenvalue weighted by Gasteiger charge is 2.28. The highest BCUT2D eigenvalue weighted by atomic mass is 19.1. The van der Waals surface area contributed by atoms with Gasteiger partial charge in [0.1, 0.15) is 23.2 Å². The Morgan fingerprint density at radius 1 is 1.17 bits per heavy atom. The molecular formula is C22H25FN4O2. The first-order valence-corrected chi connectivity index (χ1v) is 9.90. The van der Waals surface area contributed by atoms with Crippen molar-refractivity contribution in [3.05, 3.63) is 46.7 Å². The molecule has 152 valence electrons. The lowest BCUT2D eigenvalue weighted by atomic mass is 9.95. The predicted octanol–water partition coefficient (Wildman–Crippen LogP) is 4.45. The van der Waals surface area contributed by atoms with Crippen molar-refractivity contribution in [3.63, 3.8) is 0 Å². The third-order valence-electron chi connectivity index (χ3n) is 5.73. The average molecular weight is 396 g/mol. The van der Waals surface area contributed by atoms with E-state index in [1.807, 2.05) is 20.8 Å². The number of rotatable bonds is 3. The second kappa shape index (κ2) is 7.46. The van der Waals surface area contributed by atoms with Crippen molar-refractivity contribution < 1.29 is 13.6 Å². The molecule has 1 saturated heterocycles. The van der Waals surface area contributed by atoms with Gasteiger partial charge in [0.25, 0.3) is 0 Å². The Labute approximate surface area is 169 Å².